The molecule has 0 bridgehead atoms. The van der Waals surface area contributed by atoms with Gasteiger partial charge in [-0.1, -0.05) is 11.6 Å². The standard InChI is InChI=1S/C12H8ClFO4/c13-7-3-6(4-8(14)5-7)10(15)11-9(12(16)17)1-2-18-11/h1-5,10,15H,(H,16,17). The molecule has 1 aromatic heterocycles. The summed E-state index contributed by atoms with van der Waals surface area (Å²) in [5.41, 5.74) is -0.0552. The average molecular weight is 271 g/mol. The summed E-state index contributed by atoms with van der Waals surface area (Å²) in [6.45, 7) is 0. The molecule has 0 saturated carbocycles. The Hall–Kier alpha value is -1.85. The van der Waals surface area contributed by atoms with Crippen molar-refractivity contribution in [1.29, 1.82) is 0 Å². The predicted molar refractivity (Wildman–Crippen MR) is 61.1 cm³/mol. The smallest absolute Gasteiger partial charge is 0.339 e. The number of aliphatic hydroxyl groups excluding tert-OH is 1. The lowest BCUT2D eigenvalue weighted by molar-refractivity contribution is 0.0687. The Labute approximate surface area is 106 Å². The van der Waals surface area contributed by atoms with Crippen molar-refractivity contribution in [1.82, 2.24) is 0 Å². The maximum absolute atomic E-state index is 13.1. The Morgan fingerprint density at radius 3 is 2.72 bits per heavy atom. The van der Waals surface area contributed by atoms with Crippen LogP contribution in [0.3, 0.4) is 0 Å². The lowest BCUT2D eigenvalue weighted by Gasteiger charge is -2.10. The highest BCUT2D eigenvalue weighted by atomic mass is 35.5. The highest BCUT2D eigenvalue weighted by Crippen LogP contribution is 2.28. The molecule has 0 saturated heterocycles. The van der Waals surface area contributed by atoms with Gasteiger partial charge in [-0.15, -0.1) is 0 Å². The molecule has 1 heterocycles. The SMILES string of the molecule is O=C(O)c1ccoc1C(O)c1cc(F)cc(Cl)c1. The van der Waals surface area contributed by atoms with E-state index in [1.165, 1.54) is 12.1 Å². The number of hydrogen-bond donors (Lipinski definition) is 2. The zero-order valence-corrected chi connectivity index (χ0v) is 9.69. The van der Waals surface area contributed by atoms with Crippen molar-refractivity contribution in [2.75, 3.05) is 0 Å². The van der Waals surface area contributed by atoms with Gasteiger partial charge in [0.05, 0.1) is 6.26 Å². The summed E-state index contributed by atoms with van der Waals surface area (Å²) < 4.78 is 18.1. The highest BCUT2D eigenvalue weighted by Gasteiger charge is 2.22. The van der Waals surface area contributed by atoms with Crippen molar-refractivity contribution in [3.05, 3.63) is 58.3 Å². The quantitative estimate of drug-likeness (QED) is 0.900. The second kappa shape index (κ2) is 4.80. The first-order valence-corrected chi connectivity index (χ1v) is 5.31. The Kier molecular flexibility index (Phi) is 3.36. The van der Waals surface area contributed by atoms with E-state index in [2.05, 4.69) is 0 Å². The van der Waals surface area contributed by atoms with Gasteiger partial charge in [0, 0.05) is 5.02 Å². The Morgan fingerprint density at radius 1 is 1.39 bits per heavy atom. The minimum atomic E-state index is -1.39. The molecule has 0 aliphatic carbocycles. The van der Waals surface area contributed by atoms with Crippen LogP contribution in [0.25, 0.3) is 0 Å². The van der Waals surface area contributed by atoms with E-state index < -0.39 is 17.9 Å². The molecule has 1 aromatic carbocycles. The minimum Gasteiger partial charge on any atom is -0.478 e. The third-order valence-electron chi connectivity index (χ3n) is 2.37. The summed E-state index contributed by atoms with van der Waals surface area (Å²) in [6, 6.07) is 4.69. The number of aliphatic hydroxyl groups is 1. The number of carboxylic acid groups (broad SMARTS) is 1. The van der Waals surface area contributed by atoms with Crippen molar-refractivity contribution in [2.45, 2.75) is 6.10 Å². The van der Waals surface area contributed by atoms with Gasteiger partial charge in [0.2, 0.25) is 0 Å². The van der Waals surface area contributed by atoms with E-state index in [0.29, 0.717) is 0 Å². The van der Waals surface area contributed by atoms with Crippen LogP contribution >= 0.6 is 11.6 Å². The van der Waals surface area contributed by atoms with E-state index in [4.69, 9.17) is 21.1 Å². The molecule has 94 valence electrons. The van der Waals surface area contributed by atoms with E-state index in [0.717, 1.165) is 18.4 Å². The molecule has 6 heteroatoms. The fourth-order valence-corrected chi connectivity index (χ4v) is 1.82. The zero-order chi connectivity index (χ0) is 13.3. The van der Waals surface area contributed by atoms with Crippen LogP contribution in [0.5, 0.6) is 0 Å². The van der Waals surface area contributed by atoms with Crippen LogP contribution in [0, 0.1) is 5.82 Å². The average Bonchev–Trinajstić information content (AvgIpc) is 2.75. The molecular formula is C12H8ClFO4. The lowest BCUT2D eigenvalue weighted by Crippen LogP contribution is -2.06. The molecule has 0 radical (unpaired) electrons. The second-order valence-corrected chi connectivity index (χ2v) is 4.05. The molecule has 2 N–H and O–H groups in total. The molecule has 18 heavy (non-hydrogen) atoms. The van der Waals surface area contributed by atoms with Crippen LogP contribution in [0.15, 0.2) is 34.9 Å². The summed E-state index contributed by atoms with van der Waals surface area (Å²) >= 11 is 5.66. The van der Waals surface area contributed by atoms with Crippen LogP contribution in [-0.4, -0.2) is 16.2 Å². The van der Waals surface area contributed by atoms with Gasteiger partial charge in [-0.25, -0.2) is 9.18 Å². The van der Waals surface area contributed by atoms with Crippen molar-refractivity contribution < 1.29 is 23.8 Å². The van der Waals surface area contributed by atoms with Gasteiger partial charge >= 0.3 is 5.97 Å². The van der Waals surface area contributed by atoms with Gasteiger partial charge in [-0.2, -0.15) is 0 Å². The van der Waals surface area contributed by atoms with E-state index in [1.807, 2.05) is 0 Å². The topological polar surface area (TPSA) is 70.7 Å². The molecule has 4 nitrogen and oxygen atoms in total. The van der Waals surface area contributed by atoms with Gasteiger partial charge in [0.25, 0.3) is 0 Å². The maximum atomic E-state index is 13.1. The lowest BCUT2D eigenvalue weighted by atomic mass is 10.0. The summed E-state index contributed by atoms with van der Waals surface area (Å²) in [4.78, 5) is 10.9. The second-order valence-electron chi connectivity index (χ2n) is 3.61. The van der Waals surface area contributed by atoms with Gasteiger partial charge in [-0.05, 0) is 29.8 Å². The largest absolute Gasteiger partial charge is 0.478 e. The zero-order valence-electron chi connectivity index (χ0n) is 8.93. The van der Waals surface area contributed by atoms with E-state index in [1.54, 1.807) is 0 Å². The van der Waals surface area contributed by atoms with E-state index >= 15 is 0 Å². The molecule has 0 spiro atoms. The first-order valence-electron chi connectivity index (χ1n) is 4.94. The Morgan fingerprint density at radius 2 is 2.11 bits per heavy atom. The number of furan rings is 1. The first kappa shape index (κ1) is 12.6. The van der Waals surface area contributed by atoms with Crippen LogP contribution < -0.4 is 0 Å². The number of carboxylic acids is 1. The molecule has 1 atom stereocenters. The predicted octanol–water partition coefficient (Wildman–Crippen LogP) is 2.85. The molecular weight excluding hydrogens is 263 g/mol. The minimum absolute atomic E-state index is 0.104. The van der Waals surface area contributed by atoms with E-state index in [-0.39, 0.29) is 21.9 Å². The van der Waals surface area contributed by atoms with Gasteiger partial charge < -0.3 is 14.6 Å². The van der Waals surface area contributed by atoms with Crippen molar-refractivity contribution in [3.63, 3.8) is 0 Å². The summed E-state index contributed by atoms with van der Waals surface area (Å²) in [5.74, 6) is -2.02. The molecule has 2 aromatic rings. The molecule has 0 fully saturated rings. The van der Waals surface area contributed by atoms with Crippen LogP contribution in [0.4, 0.5) is 4.39 Å². The third kappa shape index (κ3) is 2.37. The highest BCUT2D eigenvalue weighted by molar-refractivity contribution is 6.30. The molecule has 0 aliphatic rings. The van der Waals surface area contributed by atoms with Crippen molar-refractivity contribution in [3.8, 4) is 0 Å². The number of benzene rings is 1. The van der Waals surface area contributed by atoms with Crippen molar-refractivity contribution in [2.24, 2.45) is 0 Å². The van der Waals surface area contributed by atoms with Crippen LogP contribution in [0.2, 0.25) is 5.02 Å². The monoisotopic (exact) mass is 270 g/mol. The normalized spacial score (nSPS) is 12.4. The number of hydrogen-bond acceptors (Lipinski definition) is 3. The third-order valence-corrected chi connectivity index (χ3v) is 2.59. The number of halogens is 2. The number of aromatic carboxylic acids is 1. The van der Waals surface area contributed by atoms with Gasteiger partial charge in [-0.3, -0.25) is 0 Å². The van der Waals surface area contributed by atoms with Crippen LogP contribution in [-0.2, 0) is 0 Å². The summed E-state index contributed by atoms with van der Waals surface area (Å²) in [7, 11) is 0. The fourth-order valence-electron chi connectivity index (χ4n) is 1.59. The maximum Gasteiger partial charge on any atom is 0.339 e. The van der Waals surface area contributed by atoms with E-state index in [9.17, 15) is 14.3 Å². The molecule has 0 aliphatic heterocycles. The number of rotatable bonds is 3. The summed E-state index contributed by atoms with van der Waals surface area (Å²) in [6.07, 6.45) is -0.248. The first-order chi connectivity index (χ1) is 8.49. The number of carbonyl (C=O) groups is 1. The van der Waals surface area contributed by atoms with Crippen molar-refractivity contribution >= 4 is 17.6 Å². The summed E-state index contributed by atoms with van der Waals surface area (Å²) in [5, 5.41) is 19.0. The molecule has 0 amide bonds. The molecule has 1 unspecified atom stereocenters. The van der Waals surface area contributed by atoms with Crippen LogP contribution in [0.1, 0.15) is 27.8 Å². The fraction of sp³-hybridized carbons (Fsp3) is 0.0833. The molecule has 2 rings (SSSR count). The van der Waals surface area contributed by atoms with Gasteiger partial charge in [0.15, 0.2) is 5.76 Å². The Balaban J connectivity index is 2.44. The van der Waals surface area contributed by atoms with Gasteiger partial charge in [0.1, 0.15) is 17.5 Å². The Bertz CT molecular complexity index is 573.